The van der Waals surface area contributed by atoms with Gasteiger partial charge in [0.15, 0.2) is 0 Å². The summed E-state index contributed by atoms with van der Waals surface area (Å²) in [6.45, 7) is 1.03. The van der Waals surface area contributed by atoms with Crippen LogP contribution in [-0.2, 0) is 4.79 Å². The highest BCUT2D eigenvalue weighted by molar-refractivity contribution is 5.92. The number of nitro benzene ring substituents is 1. The Morgan fingerprint density at radius 2 is 2.03 bits per heavy atom. The van der Waals surface area contributed by atoms with Gasteiger partial charge in [-0.1, -0.05) is 0 Å². The fraction of sp³-hybridized carbons (Fsp3) is 0.250. The van der Waals surface area contributed by atoms with Gasteiger partial charge in [-0.05, 0) is 42.7 Å². The van der Waals surface area contributed by atoms with Crippen molar-refractivity contribution in [1.29, 1.82) is 0 Å². The van der Waals surface area contributed by atoms with Gasteiger partial charge in [0.25, 0.3) is 11.6 Å². The Hall–Kier alpha value is -3.75. The van der Waals surface area contributed by atoms with Crippen LogP contribution in [0.15, 0.2) is 48.7 Å². The Balaban J connectivity index is 1.59. The monoisotopic (exact) mass is 396 g/mol. The summed E-state index contributed by atoms with van der Waals surface area (Å²) >= 11 is 0. The molecule has 2 N–H and O–H groups in total. The standard InChI is InChI=1S/C20H20N4O5/c21-20(26)18-12-16(9-10-22-18)29-17-2-1-11-23(13-17)19(25)8-5-14-3-6-15(7-4-14)24(27)28/h3-10,12,17H,1-2,11,13H2,(H2,21,26)/b8-5+. The normalized spacial score (nSPS) is 16.6. The topological polar surface area (TPSA) is 129 Å². The van der Waals surface area contributed by atoms with E-state index in [4.69, 9.17) is 10.5 Å². The van der Waals surface area contributed by atoms with Crippen LogP contribution in [0.1, 0.15) is 28.9 Å². The third kappa shape index (κ3) is 5.38. The first-order valence-electron chi connectivity index (χ1n) is 9.06. The van der Waals surface area contributed by atoms with Crippen molar-refractivity contribution in [2.45, 2.75) is 18.9 Å². The number of pyridine rings is 1. The van der Waals surface area contributed by atoms with E-state index in [2.05, 4.69) is 4.98 Å². The SMILES string of the molecule is NC(=O)c1cc(OC2CCCN(C(=O)/C=C/c3ccc([N+](=O)[O-])cc3)C2)ccn1. The van der Waals surface area contributed by atoms with E-state index in [0.29, 0.717) is 24.4 Å². The Labute approximate surface area is 166 Å². The minimum Gasteiger partial charge on any atom is -0.488 e. The predicted molar refractivity (Wildman–Crippen MR) is 105 cm³/mol. The van der Waals surface area contributed by atoms with E-state index in [1.165, 1.54) is 30.5 Å². The number of nitrogens with two attached hydrogens (primary N) is 1. The molecule has 0 aliphatic carbocycles. The largest absolute Gasteiger partial charge is 0.488 e. The number of ether oxygens (including phenoxy) is 1. The molecule has 9 heteroatoms. The van der Waals surface area contributed by atoms with Crippen molar-refractivity contribution >= 4 is 23.6 Å². The van der Waals surface area contributed by atoms with Gasteiger partial charge < -0.3 is 15.4 Å². The van der Waals surface area contributed by atoms with Crippen LogP contribution in [0.5, 0.6) is 5.75 Å². The molecule has 0 bridgehead atoms. The van der Waals surface area contributed by atoms with Crippen molar-refractivity contribution in [3.8, 4) is 5.75 Å². The molecule has 0 saturated carbocycles. The van der Waals surface area contributed by atoms with E-state index in [1.54, 1.807) is 29.2 Å². The zero-order valence-corrected chi connectivity index (χ0v) is 15.6. The van der Waals surface area contributed by atoms with Gasteiger partial charge in [0.2, 0.25) is 5.91 Å². The number of carbonyl (C=O) groups excluding carboxylic acids is 2. The van der Waals surface area contributed by atoms with Crippen LogP contribution >= 0.6 is 0 Å². The fourth-order valence-electron chi connectivity index (χ4n) is 3.03. The summed E-state index contributed by atoms with van der Waals surface area (Å²) in [5, 5.41) is 10.7. The Morgan fingerprint density at radius 1 is 1.28 bits per heavy atom. The molecule has 1 aromatic heterocycles. The highest BCUT2D eigenvalue weighted by Crippen LogP contribution is 2.19. The summed E-state index contributed by atoms with van der Waals surface area (Å²) in [4.78, 5) is 39.5. The molecule has 2 amide bonds. The number of hydrogen-bond acceptors (Lipinski definition) is 6. The number of carbonyl (C=O) groups is 2. The molecule has 29 heavy (non-hydrogen) atoms. The van der Waals surface area contributed by atoms with Gasteiger partial charge in [0.05, 0.1) is 11.5 Å². The molecule has 150 valence electrons. The molecule has 3 rings (SSSR count). The Bertz CT molecular complexity index is 942. The minimum absolute atomic E-state index is 0.0000950. The van der Waals surface area contributed by atoms with E-state index in [0.717, 1.165) is 12.8 Å². The van der Waals surface area contributed by atoms with E-state index in [9.17, 15) is 19.7 Å². The lowest BCUT2D eigenvalue weighted by Gasteiger charge is -2.32. The van der Waals surface area contributed by atoms with E-state index in [-0.39, 0.29) is 23.4 Å². The van der Waals surface area contributed by atoms with E-state index in [1.807, 2.05) is 0 Å². The van der Waals surface area contributed by atoms with Gasteiger partial charge in [-0.25, -0.2) is 0 Å². The molecule has 1 aliphatic rings. The number of nitro groups is 1. The van der Waals surface area contributed by atoms with Crippen molar-refractivity contribution in [2.24, 2.45) is 5.73 Å². The molecule has 9 nitrogen and oxygen atoms in total. The van der Waals surface area contributed by atoms with Gasteiger partial charge in [-0.3, -0.25) is 24.7 Å². The number of likely N-dealkylation sites (tertiary alicyclic amines) is 1. The van der Waals surface area contributed by atoms with E-state index < -0.39 is 10.8 Å². The summed E-state index contributed by atoms with van der Waals surface area (Å²) in [6, 6.07) is 9.08. The van der Waals surface area contributed by atoms with Crippen molar-refractivity contribution in [2.75, 3.05) is 13.1 Å². The number of piperidine rings is 1. The molecule has 1 aliphatic heterocycles. The zero-order valence-electron chi connectivity index (χ0n) is 15.6. The summed E-state index contributed by atoms with van der Waals surface area (Å²) < 4.78 is 5.90. The minimum atomic E-state index is -0.632. The summed E-state index contributed by atoms with van der Waals surface area (Å²) in [5.74, 6) is -0.314. The van der Waals surface area contributed by atoms with Crippen LogP contribution in [-0.4, -0.2) is 45.8 Å². The number of aromatic nitrogens is 1. The third-order valence-corrected chi connectivity index (χ3v) is 4.50. The van der Waals surface area contributed by atoms with Crippen molar-refractivity contribution in [3.05, 3.63) is 70.0 Å². The van der Waals surface area contributed by atoms with Crippen molar-refractivity contribution < 1.29 is 19.2 Å². The van der Waals surface area contributed by atoms with Crippen LogP contribution < -0.4 is 10.5 Å². The lowest BCUT2D eigenvalue weighted by atomic mass is 10.1. The van der Waals surface area contributed by atoms with Crippen LogP contribution in [0, 0.1) is 10.1 Å². The maximum Gasteiger partial charge on any atom is 0.269 e. The first kappa shape index (κ1) is 20.0. The van der Waals surface area contributed by atoms with Gasteiger partial charge in [-0.15, -0.1) is 0 Å². The number of benzene rings is 1. The quantitative estimate of drug-likeness (QED) is 0.453. The van der Waals surface area contributed by atoms with Gasteiger partial charge in [0.1, 0.15) is 17.5 Å². The number of non-ortho nitro benzene ring substituents is 1. The molecular weight excluding hydrogens is 376 g/mol. The first-order valence-corrected chi connectivity index (χ1v) is 9.06. The molecule has 0 spiro atoms. The van der Waals surface area contributed by atoms with Gasteiger partial charge >= 0.3 is 0 Å². The number of amides is 2. The number of hydrogen-bond donors (Lipinski definition) is 1. The van der Waals surface area contributed by atoms with Crippen LogP contribution in [0.2, 0.25) is 0 Å². The predicted octanol–water partition coefficient (Wildman–Crippen LogP) is 2.17. The second kappa shape index (κ2) is 8.96. The third-order valence-electron chi connectivity index (χ3n) is 4.50. The number of nitrogens with zero attached hydrogens (tertiary/aromatic N) is 3. The molecule has 1 saturated heterocycles. The second-order valence-corrected chi connectivity index (χ2v) is 6.59. The van der Waals surface area contributed by atoms with Crippen LogP contribution in [0.3, 0.4) is 0 Å². The lowest BCUT2D eigenvalue weighted by Crippen LogP contribution is -2.43. The molecular formula is C20H20N4O5. The molecule has 1 unspecified atom stereocenters. The fourth-order valence-corrected chi connectivity index (χ4v) is 3.03. The van der Waals surface area contributed by atoms with Gasteiger partial charge in [0, 0.05) is 37.0 Å². The smallest absolute Gasteiger partial charge is 0.269 e. The number of rotatable bonds is 6. The molecule has 2 heterocycles. The Morgan fingerprint density at radius 3 is 2.72 bits per heavy atom. The summed E-state index contributed by atoms with van der Waals surface area (Å²) in [7, 11) is 0. The van der Waals surface area contributed by atoms with Crippen molar-refractivity contribution in [3.63, 3.8) is 0 Å². The highest BCUT2D eigenvalue weighted by atomic mass is 16.6. The Kier molecular flexibility index (Phi) is 6.18. The number of primary amides is 1. The highest BCUT2D eigenvalue weighted by Gasteiger charge is 2.24. The average molecular weight is 396 g/mol. The molecule has 2 aromatic rings. The maximum atomic E-state index is 12.5. The van der Waals surface area contributed by atoms with Crippen LogP contribution in [0.25, 0.3) is 6.08 Å². The molecule has 1 fully saturated rings. The van der Waals surface area contributed by atoms with Crippen LogP contribution in [0.4, 0.5) is 5.69 Å². The second-order valence-electron chi connectivity index (χ2n) is 6.59. The molecule has 1 atom stereocenters. The van der Waals surface area contributed by atoms with Gasteiger partial charge in [-0.2, -0.15) is 0 Å². The maximum absolute atomic E-state index is 12.5. The molecule has 0 radical (unpaired) electrons. The average Bonchev–Trinajstić information content (AvgIpc) is 2.72. The molecule has 1 aromatic carbocycles. The summed E-state index contributed by atoms with van der Waals surface area (Å²) in [5.41, 5.74) is 6.05. The van der Waals surface area contributed by atoms with Crippen molar-refractivity contribution in [1.82, 2.24) is 9.88 Å². The lowest BCUT2D eigenvalue weighted by molar-refractivity contribution is -0.384. The first-order chi connectivity index (χ1) is 13.9. The van der Waals surface area contributed by atoms with E-state index >= 15 is 0 Å². The summed E-state index contributed by atoms with van der Waals surface area (Å²) in [6.07, 6.45) is 5.89. The zero-order chi connectivity index (χ0) is 20.8.